The number of halogens is 1. The lowest BCUT2D eigenvalue weighted by molar-refractivity contribution is -0.240. The summed E-state index contributed by atoms with van der Waals surface area (Å²) in [6, 6.07) is 20.8. The van der Waals surface area contributed by atoms with Gasteiger partial charge >= 0.3 is 0 Å². The fourth-order valence-electron chi connectivity index (χ4n) is 4.21. The van der Waals surface area contributed by atoms with Gasteiger partial charge in [0.25, 0.3) is 0 Å². The molecule has 160 valence electrons. The minimum absolute atomic E-state index is 0.115. The average Bonchev–Trinajstić information content (AvgIpc) is 2.77. The average molecular weight is 520 g/mol. The van der Waals surface area contributed by atoms with Crippen LogP contribution in [0.25, 0.3) is 0 Å². The minimum atomic E-state index is -0.320. The molecule has 0 amide bonds. The van der Waals surface area contributed by atoms with Crippen LogP contribution in [0.5, 0.6) is 0 Å². The fourth-order valence-corrected chi connectivity index (χ4v) is 5.21. The van der Waals surface area contributed by atoms with E-state index < -0.39 is 0 Å². The second-order valence-electron chi connectivity index (χ2n) is 7.77. The molecule has 1 aliphatic carbocycles. The van der Waals surface area contributed by atoms with E-state index in [0.717, 1.165) is 24.0 Å². The van der Waals surface area contributed by atoms with Gasteiger partial charge in [-0.1, -0.05) is 95.4 Å². The molecule has 0 unspecified atom stereocenters. The molecule has 4 rings (SSSR count). The van der Waals surface area contributed by atoms with Crippen LogP contribution in [0.15, 0.2) is 72.8 Å². The number of alkyl halides is 1. The highest BCUT2D eigenvalue weighted by Gasteiger charge is 2.41. The van der Waals surface area contributed by atoms with Crippen LogP contribution >= 0.6 is 22.6 Å². The van der Waals surface area contributed by atoms with Crippen LogP contribution in [-0.2, 0) is 18.9 Å². The second kappa shape index (κ2) is 10.9. The predicted molar refractivity (Wildman–Crippen MR) is 126 cm³/mol. The summed E-state index contributed by atoms with van der Waals surface area (Å²) in [5.41, 5.74) is 2.22. The van der Waals surface area contributed by atoms with Gasteiger partial charge in [0.2, 0.25) is 0 Å². The van der Waals surface area contributed by atoms with E-state index in [1.807, 2.05) is 24.3 Å². The van der Waals surface area contributed by atoms with Crippen LogP contribution in [0.1, 0.15) is 36.2 Å². The van der Waals surface area contributed by atoms with E-state index in [0.29, 0.717) is 17.1 Å². The molecule has 5 heteroatoms. The van der Waals surface area contributed by atoms with E-state index in [4.69, 9.17) is 18.9 Å². The molecular weight excluding hydrogens is 491 g/mol. The van der Waals surface area contributed by atoms with Gasteiger partial charge < -0.3 is 18.9 Å². The molecular formula is C25H29IO4. The summed E-state index contributed by atoms with van der Waals surface area (Å²) in [6.07, 6.45) is 5.67. The first-order valence-corrected chi connectivity index (χ1v) is 11.8. The quantitative estimate of drug-likeness (QED) is 0.214. The van der Waals surface area contributed by atoms with Crippen LogP contribution in [0, 0.1) is 5.92 Å². The Morgan fingerprint density at radius 2 is 1.53 bits per heavy atom. The SMILES string of the molecule is COCCO[C@H]1C[C@@H]2C=CC[C@@H](I)[C@@H]2O[C@H](c2ccccc2)[C@@H](c2ccccc2)O1. The molecule has 2 aliphatic rings. The van der Waals surface area contributed by atoms with E-state index in [2.05, 4.69) is 71.1 Å². The number of allylic oxidation sites excluding steroid dienone is 1. The van der Waals surface area contributed by atoms with Crippen molar-refractivity contribution >= 4 is 22.6 Å². The van der Waals surface area contributed by atoms with Gasteiger partial charge in [-0.15, -0.1) is 0 Å². The topological polar surface area (TPSA) is 36.9 Å². The predicted octanol–water partition coefficient (Wildman–Crippen LogP) is 5.64. The van der Waals surface area contributed by atoms with Crippen LogP contribution in [-0.4, -0.2) is 36.6 Å². The van der Waals surface area contributed by atoms with Gasteiger partial charge in [-0.05, 0) is 17.5 Å². The third-order valence-electron chi connectivity index (χ3n) is 5.71. The van der Waals surface area contributed by atoms with Crippen molar-refractivity contribution < 1.29 is 18.9 Å². The van der Waals surface area contributed by atoms with E-state index in [9.17, 15) is 0 Å². The Balaban J connectivity index is 1.71. The van der Waals surface area contributed by atoms with Gasteiger partial charge in [-0.3, -0.25) is 0 Å². The van der Waals surface area contributed by atoms with Crippen LogP contribution in [0.3, 0.4) is 0 Å². The van der Waals surface area contributed by atoms with Crippen molar-refractivity contribution in [3.8, 4) is 0 Å². The lowest BCUT2D eigenvalue weighted by Gasteiger charge is -2.42. The number of benzene rings is 2. The Morgan fingerprint density at radius 3 is 2.17 bits per heavy atom. The van der Waals surface area contributed by atoms with Crippen molar-refractivity contribution in [2.24, 2.45) is 5.92 Å². The van der Waals surface area contributed by atoms with Gasteiger partial charge in [-0.2, -0.15) is 0 Å². The Hall–Kier alpha value is -1.25. The van der Waals surface area contributed by atoms with Gasteiger partial charge in [0, 0.05) is 23.4 Å². The van der Waals surface area contributed by atoms with Crippen molar-refractivity contribution in [2.45, 2.75) is 41.4 Å². The summed E-state index contributed by atoms with van der Waals surface area (Å²) in [5, 5.41) is 0. The number of methoxy groups -OCH3 is 1. The molecule has 0 spiro atoms. The maximum Gasteiger partial charge on any atom is 0.159 e. The Labute approximate surface area is 192 Å². The van der Waals surface area contributed by atoms with Crippen molar-refractivity contribution in [1.29, 1.82) is 0 Å². The lowest BCUT2D eigenvalue weighted by Crippen LogP contribution is -2.42. The third-order valence-corrected chi connectivity index (χ3v) is 6.93. The maximum atomic E-state index is 6.87. The first-order valence-electron chi connectivity index (χ1n) is 10.6. The monoisotopic (exact) mass is 520 g/mol. The molecule has 4 nitrogen and oxygen atoms in total. The third kappa shape index (κ3) is 5.32. The molecule has 0 bridgehead atoms. The van der Waals surface area contributed by atoms with Gasteiger partial charge in [0.15, 0.2) is 6.29 Å². The molecule has 1 heterocycles. The van der Waals surface area contributed by atoms with E-state index >= 15 is 0 Å². The number of fused-ring (bicyclic) bond motifs is 1. The Morgan fingerprint density at radius 1 is 0.900 bits per heavy atom. The highest BCUT2D eigenvalue weighted by atomic mass is 127. The van der Waals surface area contributed by atoms with Crippen LogP contribution < -0.4 is 0 Å². The van der Waals surface area contributed by atoms with Crippen LogP contribution in [0.4, 0.5) is 0 Å². The number of ether oxygens (including phenoxy) is 4. The highest BCUT2D eigenvalue weighted by Crippen LogP contribution is 2.44. The van der Waals surface area contributed by atoms with Gasteiger partial charge in [0.05, 0.1) is 19.3 Å². The molecule has 0 radical (unpaired) electrons. The largest absolute Gasteiger partial charge is 0.382 e. The molecule has 0 N–H and O–H groups in total. The zero-order chi connectivity index (χ0) is 20.8. The standard InChI is InChI=1S/C25H29IO4/c1-27-15-16-28-22-17-20-13-8-14-21(26)23(20)30-25(19-11-6-3-7-12-19)24(29-22)18-9-4-2-5-10-18/h2-13,20-25H,14-17H2,1H3/t20-,21+,22+,23+,24+,25+/m0/s1. The zero-order valence-corrected chi connectivity index (χ0v) is 19.4. The van der Waals surface area contributed by atoms with Crippen molar-refractivity contribution in [3.05, 3.63) is 83.9 Å². The minimum Gasteiger partial charge on any atom is -0.382 e. The van der Waals surface area contributed by atoms with Crippen molar-refractivity contribution in [3.63, 3.8) is 0 Å². The molecule has 2 aromatic rings. The summed E-state index contributed by atoms with van der Waals surface area (Å²) in [6.45, 7) is 1.06. The Kier molecular flexibility index (Phi) is 7.95. The molecule has 6 atom stereocenters. The first kappa shape index (κ1) is 22.0. The molecule has 30 heavy (non-hydrogen) atoms. The fraction of sp³-hybridized carbons (Fsp3) is 0.440. The zero-order valence-electron chi connectivity index (χ0n) is 17.2. The maximum absolute atomic E-state index is 6.87. The molecule has 1 saturated heterocycles. The van der Waals surface area contributed by atoms with Crippen LogP contribution in [0.2, 0.25) is 0 Å². The summed E-state index contributed by atoms with van der Waals surface area (Å²) >= 11 is 2.54. The summed E-state index contributed by atoms with van der Waals surface area (Å²) in [4.78, 5) is 0. The molecule has 0 aromatic heterocycles. The molecule has 2 aromatic carbocycles. The number of hydrogen-bond donors (Lipinski definition) is 0. The van der Waals surface area contributed by atoms with E-state index in [1.165, 1.54) is 0 Å². The summed E-state index contributed by atoms with van der Waals surface area (Å²) < 4.78 is 25.3. The molecule has 1 aliphatic heterocycles. The highest BCUT2D eigenvalue weighted by molar-refractivity contribution is 14.1. The van der Waals surface area contributed by atoms with Crippen molar-refractivity contribution in [2.75, 3.05) is 20.3 Å². The molecule has 0 saturated carbocycles. The van der Waals surface area contributed by atoms with Gasteiger partial charge in [0.1, 0.15) is 12.2 Å². The first-order chi connectivity index (χ1) is 14.8. The normalized spacial score (nSPS) is 31.5. The number of hydrogen-bond acceptors (Lipinski definition) is 4. The Bertz CT molecular complexity index is 797. The van der Waals surface area contributed by atoms with E-state index in [-0.39, 0.29) is 30.5 Å². The van der Waals surface area contributed by atoms with E-state index in [1.54, 1.807) is 7.11 Å². The smallest absolute Gasteiger partial charge is 0.159 e. The van der Waals surface area contributed by atoms with Crippen molar-refractivity contribution in [1.82, 2.24) is 0 Å². The summed E-state index contributed by atoms with van der Waals surface area (Å²) in [7, 11) is 1.69. The second-order valence-corrected chi connectivity index (χ2v) is 9.37. The summed E-state index contributed by atoms with van der Waals surface area (Å²) in [5.74, 6) is 0.260. The number of rotatable bonds is 6. The molecule has 1 fully saturated rings. The van der Waals surface area contributed by atoms with Gasteiger partial charge in [-0.25, -0.2) is 0 Å². The lowest BCUT2D eigenvalue weighted by atomic mass is 9.87.